The molecule has 140 valence electrons. The van der Waals surface area contributed by atoms with Gasteiger partial charge in [0.15, 0.2) is 5.96 Å². The highest BCUT2D eigenvalue weighted by molar-refractivity contribution is 7.85. The minimum absolute atomic E-state index is 0.0142. The largest absolute Gasteiger partial charge is 0.355 e. The summed E-state index contributed by atoms with van der Waals surface area (Å²) in [5, 5.41) is 21.4. The molecule has 25 heavy (non-hydrogen) atoms. The van der Waals surface area contributed by atoms with E-state index in [4.69, 9.17) is 0 Å². The predicted octanol–water partition coefficient (Wildman–Crippen LogP) is 1.04. The number of nitro groups is 1. The van der Waals surface area contributed by atoms with Crippen LogP contribution in [0.1, 0.15) is 32.6 Å². The smallest absolute Gasteiger partial charge is 0.306 e. The number of hydrogen-bond acceptors (Lipinski definition) is 5. The summed E-state index contributed by atoms with van der Waals surface area (Å²) in [7, 11) is 0.957. The minimum atomic E-state index is -0.750. The highest BCUT2D eigenvalue weighted by Gasteiger charge is 2.25. The van der Waals surface area contributed by atoms with Gasteiger partial charge in [-0.05, 0) is 19.3 Å². The Bertz CT molecular complexity index is 633. The lowest BCUT2D eigenvalue weighted by Crippen LogP contribution is -2.47. The Labute approximate surface area is 149 Å². The average Bonchev–Trinajstić information content (AvgIpc) is 3.09. The minimum Gasteiger partial charge on any atom is -0.355 e. The van der Waals surface area contributed by atoms with Crippen molar-refractivity contribution in [3.63, 3.8) is 0 Å². The molecule has 2 N–H and O–H groups in total. The van der Waals surface area contributed by atoms with E-state index in [0.29, 0.717) is 24.8 Å². The number of aliphatic imine (C=N–C) groups is 1. The average molecular weight is 370 g/mol. The molecule has 0 saturated heterocycles. The molecule has 0 aromatic carbocycles. The van der Waals surface area contributed by atoms with Crippen molar-refractivity contribution in [1.82, 2.24) is 20.4 Å². The molecule has 1 heterocycles. The van der Waals surface area contributed by atoms with Crippen molar-refractivity contribution in [1.29, 1.82) is 0 Å². The fourth-order valence-electron chi connectivity index (χ4n) is 3.00. The van der Waals surface area contributed by atoms with E-state index in [9.17, 15) is 14.3 Å². The second-order valence-electron chi connectivity index (χ2n) is 6.02. The van der Waals surface area contributed by atoms with Gasteiger partial charge in [0.05, 0.1) is 11.5 Å². The van der Waals surface area contributed by atoms with Crippen LogP contribution in [-0.4, -0.2) is 55.5 Å². The Kier molecular flexibility index (Phi) is 7.35. The molecule has 2 rings (SSSR count). The highest BCUT2D eigenvalue weighted by atomic mass is 32.2. The third-order valence-electron chi connectivity index (χ3n) is 4.31. The number of nitrogens with one attached hydrogen (secondary N) is 2. The summed E-state index contributed by atoms with van der Waals surface area (Å²) >= 11 is 0. The van der Waals surface area contributed by atoms with Crippen LogP contribution in [0.3, 0.4) is 0 Å². The Morgan fingerprint density at radius 2 is 2.36 bits per heavy atom. The molecule has 0 radical (unpaired) electrons. The number of guanidine groups is 1. The Balaban J connectivity index is 1.78. The van der Waals surface area contributed by atoms with E-state index in [2.05, 4.69) is 20.7 Å². The van der Waals surface area contributed by atoms with Crippen LogP contribution in [-0.2, 0) is 17.3 Å². The van der Waals surface area contributed by atoms with Crippen LogP contribution in [0.5, 0.6) is 0 Å². The number of rotatable bonds is 7. The molecular formula is C15H26N6O3S. The van der Waals surface area contributed by atoms with Gasteiger partial charge in [-0.1, -0.05) is 13.3 Å². The molecule has 10 heteroatoms. The first-order valence-corrected chi connectivity index (χ1v) is 9.93. The van der Waals surface area contributed by atoms with Gasteiger partial charge in [0.2, 0.25) is 0 Å². The van der Waals surface area contributed by atoms with Crippen LogP contribution in [0.4, 0.5) is 5.69 Å². The molecule has 1 aromatic rings. The van der Waals surface area contributed by atoms with Gasteiger partial charge in [-0.15, -0.1) is 0 Å². The zero-order valence-corrected chi connectivity index (χ0v) is 15.5. The van der Waals surface area contributed by atoms with Gasteiger partial charge < -0.3 is 10.6 Å². The van der Waals surface area contributed by atoms with Gasteiger partial charge in [0, 0.05) is 41.4 Å². The fourth-order valence-corrected chi connectivity index (χ4v) is 4.34. The molecule has 3 atom stereocenters. The Morgan fingerprint density at radius 1 is 1.56 bits per heavy atom. The first-order chi connectivity index (χ1) is 12.0. The van der Waals surface area contributed by atoms with Gasteiger partial charge in [-0.25, -0.2) is 0 Å². The molecule has 0 aliphatic heterocycles. The maximum absolute atomic E-state index is 12.0. The van der Waals surface area contributed by atoms with Crippen LogP contribution in [0.15, 0.2) is 17.4 Å². The van der Waals surface area contributed by atoms with Gasteiger partial charge in [-0.3, -0.25) is 24.0 Å². The van der Waals surface area contributed by atoms with Crippen LogP contribution >= 0.6 is 0 Å². The summed E-state index contributed by atoms with van der Waals surface area (Å²) in [5.41, 5.74) is -0.0142. The van der Waals surface area contributed by atoms with Crippen molar-refractivity contribution in [2.24, 2.45) is 4.99 Å². The third kappa shape index (κ3) is 5.80. The molecule has 0 amide bonds. The molecule has 1 saturated carbocycles. The van der Waals surface area contributed by atoms with Crippen molar-refractivity contribution in [3.8, 4) is 0 Å². The highest BCUT2D eigenvalue weighted by Crippen LogP contribution is 2.22. The van der Waals surface area contributed by atoms with E-state index in [1.807, 2.05) is 6.92 Å². The van der Waals surface area contributed by atoms with Gasteiger partial charge in [-0.2, -0.15) is 5.10 Å². The molecule has 9 nitrogen and oxygen atoms in total. The van der Waals surface area contributed by atoms with Crippen LogP contribution in [0.25, 0.3) is 0 Å². The Morgan fingerprint density at radius 3 is 3.00 bits per heavy atom. The first kappa shape index (κ1) is 19.4. The summed E-state index contributed by atoms with van der Waals surface area (Å²) in [6, 6.07) is 0.270. The molecule has 3 unspecified atom stereocenters. The van der Waals surface area contributed by atoms with Crippen molar-refractivity contribution in [2.75, 3.05) is 19.3 Å². The molecule has 1 aliphatic carbocycles. The van der Waals surface area contributed by atoms with E-state index in [1.54, 1.807) is 7.05 Å². The predicted molar refractivity (Wildman–Crippen MR) is 98.1 cm³/mol. The van der Waals surface area contributed by atoms with Crippen molar-refractivity contribution in [2.45, 2.75) is 50.4 Å². The molecule has 1 fully saturated rings. The normalized spacial score (nSPS) is 22.4. The fraction of sp³-hybridized carbons (Fsp3) is 0.733. The van der Waals surface area contributed by atoms with Gasteiger partial charge in [0.25, 0.3) is 0 Å². The van der Waals surface area contributed by atoms with Crippen LogP contribution < -0.4 is 10.6 Å². The number of nitrogens with zero attached hydrogens (tertiary/aromatic N) is 4. The third-order valence-corrected chi connectivity index (χ3v) is 6.05. The summed E-state index contributed by atoms with van der Waals surface area (Å²) in [5.74, 6) is 1.40. The van der Waals surface area contributed by atoms with Crippen LogP contribution in [0.2, 0.25) is 0 Å². The van der Waals surface area contributed by atoms with Crippen LogP contribution in [0, 0.1) is 10.1 Å². The molecule has 1 aliphatic rings. The maximum Gasteiger partial charge on any atom is 0.306 e. The maximum atomic E-state index is 12.0. The molecular weight excluding hydrogens is 344 g/mol. The second kappa shape index (κ2) is 9.50. The summed E-state index contributed by atoms with van der Waals surface area (Å²) < 4.78 is 13.6. The molecule has 0 bridgehead atoms. The monoisotopic (exact) mass is 370 g/mol. The van der Waals surface area contributed by atoms with Gasteiger partial charge >= 0.3 is 5.69 Å². The lowest BCUT2D eigenvalue weighted by atomic mass is 9.95. The Hall–Kier alpha value is -1.97. The van der Waals surface area contributed by atoms with E-state index in [-0.39, 0.29) is 17.0 Å². The van der Waals surface area contributed by atoms with E-state index < -0.39 is 15.7 Å². The SMILES string of the molecule is CCS(=O)C1CCCC(NC(=NC)NCCn2cc([N+](=O)[O-])cn2)C1. The van der Waals surface area contributed by atoms with Gasteiger partial charge in [0.1, 0.15) is 12.4 Å². The topological polar surface area (TPSA) is 114 Å². The van der Waals surface area contributed by atoms with Crippen molar-refractivity contribution >= 4 is 22.4 Å². The summed E-state index contributed by atoms with van der Waals surface area (Å²) in [6.07, 6.45) is 6.69. The van der Waals surface area contributed by atoms with E-state index in [1.165, 1.54) is 17.1 Å². The number of aromatic nitrogens is 2. The second-order valence-corrected chi connectivity index (χ2v) is 8.02. The van der Waals surface area contributed by atoms with Crippen molar-refractivity contribution in [3.05, 3.63) is 22.5 Å². The summed E-state index contributed by atoms with van der Waals surface area (Å²) in [6.45, 7) is 3.02. The number of hydrogen-bond donors (Lipinski definition) is 2. The first-order valence-electron chi connectivity index (χ1n) is 8.54. The zero-order chi connectivity index (χ0) is 18.2. The quantitative estimate of drug-likeness (QED) is 0.321. The van der Waals surface area contributed by atoms with E-state index >= 15 is 0 Å². The summed E-state index contributed by atoms with van der Waals surface area (Å²) in [4.78, 5) is 14.4. The molecule has 1 aromatic heterocycles. The zero-order valence-electron chi connectivity index (χ0n) is 14.7. The standard InChI is InChI=1S/C15H26N6O3S/c1-3-25(24)14-6-4-5-12(9-14)19-15(16-2)17-7-8-20-11-13(10-18-20)21(22)23/h10-12,14H,3-9H2,1-2H3,(H2,16,17,19). The van der Waals surface area contributed by atoms with Crippen molar-refractivity contribution < 1.29 is 9.13 Å². The molecule has 0 spiro atoms. The lowest BCUT2D eigenvalue weighted by Gasteiger charge is -2.30. The van der Waals surface area contributed by atoms with E-state index in [0.717, 1.165) is 25.7 Å². The lowest BCUT2D eigenvalue weighted by molar-refractivity contribution is -0.385.